The summed E-state index contributed by atoms with van der Waals surface area (Å²) < 4.78 is 0. The van der Waals surface area contributed by atoms with Gasteiger partial charge in [0.05, 0.1) is 0 Å². The van der Waals surface area contributed by atoms with E-state index in [4.69, 9.17) is 11.6 Å². The predicted molar refractivity (Wildman–Crippen MR) is 59.4 cm³/mol. The van der Waals surface area contributed by atoms with E-state index in [0.717, 1.165) is 5.88 Å². The Bertz CT molecular complexity index is 145. The Morgan fingerprint density at radius 1 is 1.23 bits per heavy atom. The Morgan fingerprint density at radius 2 is 2.00 bits per heavy atom. The Balaban J connectivity index is 2.04. The van der Waals surface area contributed by atoms with E-state index in [0.29, 0.717) is 5.41 Å². The highest BCUT2D eigenvalue weighted by molar-refractivity contribution is 6.17. The Morgan fingerprint density at radius 3 is 2.54 bits per heavy atom. The molecule has 1 rings (SSSR count). The van der Waals surface area contributed by atoms with Gasteiger partial charge in [-0.1, -0.05) is 20.3 Å². The van der Waals surface area contributed by atoms with E-state index in [2.05, 4.69) is 18.7 Å². The fraction of sp³-hybridized carbons (Fsp3) is 1.00. The lowest BCUT2D eigenvalue weighted by molar-refractivity contribution is 0.285. The summed E-state index contributed by atoms with van der Waals surface area (Å²) in [6, 6.07) is 0. The zero-order valence-corrected chi connectivity index (χ0v) is 9.74. The highest BCUT2D eigenvalue weighted by Crippen LogP contribution is 2.28. The molecule has 2 heteroatoms. The van der Waals surface area contributed by atoms with Gasteiger partial charge in [0.1, 0.15) is 0 Å². The van der Waals surface area contributed by atoms with Crippen LogP contribution < -0.4 is 0 Å². The van der Waals surface area contributed by atoms with E-state index in [-0.39, 0.29) is 0 Å². The zero-order valence-electron chi connectivity index (χ0n) is 8.98. The first-order valence-corrected chi connectivity index (χ1v) is 5.96. The van der Waals surface area contributed by atoms with Crippen molar-refractivity contribution in [2.24, 2.45) is 5.41 Å². The first-order chi connectivity index (χ1) is 6.14. The highest BCUT2D eigenvalue weighted by atomic mass is 35.5. The maximum atomic E-state index is 5.63. The van der Waals surface area contributed by atoms with Crippen molar-refractivity contribution in [1.82, 2.24) is 4.90 Å². The van der Waals surface area contributed by atoms with Crippen molar-refractivity contribution in [2.45, 2.75) is 39.5 Å². The van der Waals surface area contributed by atoms with Gasteiger partial charge in [0, 0.05) is 12.4 Å². The summed E-state index contributed by atoms with van der Waals surface area (Å²) >= 11 is 5.63. The molecule has 1 aliphatic rings. The number of hydrogen-bond acceptors (Lipinski definition) is 1. The van der Waals surface area contributed by atoms with Crippen LogP contribution in [0.5, 0.6) is 0 Å². The first kappa shape index (κ1) is 11.3. The molecule has 1 saturated heterocycles. The van der Waals surface area contributed by atoms with Gasteiger partial charge in [-0.2, -0.15) is 0 Å². The van der Waals surface area contributed by atoms with Gasteiger partial charge in [0.25, 0.3) is 0 Å². The number of alkyl halides is 1. The van der Waals surface area contributed by atoms with Gasteiger partial charge < -0.3 is 4.90 Å². The average Bonchev–Trinajstić information content (AvgIpc) is 2.40. The van der Waals surface area contributed by atoms with Crippen molar-refractivity contribution in [1.29, 1.82) is 0 Å². The topological polar surface area (TPSA) is 3.24 Å². The van der Waals surface area contributed by atoms with Crippen LogP contribution in [0.25, 0.3) is 0 Å². The van der Waals surface area contributed by atoms with Crippen LogP contribution in [0.1, 0.15) is 39.5 Å². The molecule has 0 N–H and O–H groups in total. The molecule has 0 aliphatic carbocycles. The summed E-state index contributed by atoms with van der Waals surface area (Å²) in [6.07, 6.45) is 5.16. The molecule has 0 aromatic heterocycles. The third-order valence-electron chi connectivity index (χ3n) is 2.86. The number of unbranched alkanes of at least 4 members (excludes halogenated alkanes) is 2. The molecule has 0 spiro atoms. The second kappa shape index (κ2) is 5.21. The standard InChI is InChI=1S/C11H22ClN/c1-11(2)6-9-13(10-11)8-5-3-4-7-12/h3-10H2,1-2H3. The number of nitrogens with zero attached hydrogens (tertiary/aromatic N) is 1. The lowest BCUT2D eigenvalue weighted by Crippen LogP contribution is -2.24. The number of rotatable bonds is 5. The minimum Gasteiger partial charge on any atom is -0.303 e. The lowest BCUT2D eigenvalue weighted by Gasteiger charge is -2.19. The largest absolute Gasteiger partial charge is 0.303 e. The first-order valence-electron chi connectivity index (χ1n) is 5.42. The van der Waals surface area contributed by atoms with E-state index in [1.807, 2.05) is 0 Å². The van der Waals surface area contributed by atoms with Gasteiger partial charge in [-0.15, -0.1) is 11.6 Å². The smallest absolute Gasteiger partial charge is 0.0223 e. The van der Waals surface area contributed by atoms with Gasteiger partial charge in [0.15, 0.2) is 0 Å². The predicted octanol–water partition coefficient (Wildman–Crippen LogP) is 3.13. The van der Waals surface area contributed by atoms with Crippen LogP contribution in [-0.2, 0) is 0 Å². The Labute approximate surface area is 87.4 Å². The zero-order chi connectivity index (χ0) is 9.73. The minimum absolute atomic E-state index is 0.562. The molecular formula is C11H22ClN. The quantitative estimate of drug-likeness (QED) is 0.490. The number of likely N-dealkylation sites (tertiary alicyclic amines) is 1. The van der Waals surface area contributed by atoms with Crippen molar-refractivity contribution in [3.63, 3.8) is 0 Å². The summed E-state index contributed by atoms with van der Waals surface area (Å²) in [5.74, 6) is 0.825. The van der Waals surface area contributed by atoms with Crippen LogP contribution in [0, 0.1) is 5.41 Å². The lowest BCUT2D eigenvalue weighted by atomic mass is 9.93. The molecule has 0 atom stereocenters. The third kappa shape index (κ3) is 4.33. The summed E-state index contributed by atoms with van der Waals surface area (Å²) in [7, 11) is 0. The van der Waals surface area contributed by atoms with Crippen LogP contribution in [-0.4, -0.2) is 30.4 Å². The van der Waals surface area contributed by atoms with E-state index >= 15 is 0 Å². The van der Waals surface area contributed by atoms with Crippen LogP contribution in [0.3, 0.4) is 0 Å². The van der Waals surface area contributed by atoms with Crippen LogP contribution >= 0.6 is 11.6 Å². The third-order valence-corrected chi connectivity index (χ3v) is 3.13. The maximum absolute atomic E-state index is 5.63. The molecule has 1 aliphatic heterocycles. The van der Waals surface area contributed by atoms with Crippen molar-refractivity contribution in [3.8, 4) is 0 Å². The molecule has 0 aromatic rings. The second-order valence-corrected chi connectivity index (χ2v) is 5.32. The normalized spacial score (nSPS) is 22.4. The van der Waals surface area contributed by atoms with Crippen LogP contribution in [0.15, 0.2) is 0 Å². The molecule has 0 bridgehead atoms. The summed E-state index contributed by atoms with van der Waals surface area (Å²) in [6.45, 7) is 8.60. The summed E-state index contributed by atoms with van der Waals surface area (Å²) in [5, 5.41) is 0. The van der Waals surface area contributed by atoms with Gasteiger partial charge >= 0.3 is 0 Å². The summed E-state index contributed by atoms with van der Waals surface area (Å²) in [4.78, 5) is 2.59. The number of hydrogen-bond donors (Lipinski definition) is 0. The Kier molecular flexibility index (Phi) is 4.54. The molecule has 0 amide bonds. The minimum atomic E-state index is 0.562. The van der Waals surface area contributed by atoms with E-state index < -0.39 is 0 Å². The molecule has 0 radical (unpaired) electrons. The molecule has 0 unspecified atom stereocenters. The molecule has 1 nitrogen and oxygen atoms in total. The van der Waals surface area contributed by atoms with Crippen molar-refractivity contribution < 1.29 is 0 Å². The second-order valence-electron chi connectivity index (χ2n) is 4.94. The monoisotopic (exact) mass is 203 g/mol. The highest BCUT2D eigenvalue weighted by Gasteiger charge is 2.28. The average molecular weight is 204 g/mol. The van der Waals surface area contributed by atoms with Crippen molar-refractivity contribution in [3.05, 3.63) is 0 Å². The molecular weight excluding hydrogens is 182 g/mol. The fourth-order valence-electron chi connectivity index (χ4n) is 2.02. The molecule has 1 heterocycles. The van der Waals surface area contributed by atoms with E-state index in [9.17, 15) is 0 Å². The van der Waals surface area contributed by atoms with Gasteiger partial charge in [-0.05, 0) is 37.8 Å². The summed E-state index contributed by atoms with van der Waals surface area (Å²) in [5.41, 5.74) is 0.562. The fourth-order valence-corrected chi connectivity index (χ4v) is 2.21. The Hall–Kier alpha value is 0.250. The van der Waals surface area contributed by atoms with Crippen LogP contribution in [0.2, 0.25) is 0 Å². The SMILES string of the molecule is CC1(C)CCN(CCCCCCl)C1. The number of halogens is 1. The van der Waals surface area contributed by atoms with Crippen molar-refractivity contribution in [2.75, 3.05) is 25.5 Å². The molecule has 78 valence electrons. The van der Waals surface area contributed by atoms with Gasteiger partial charge in [0.2, 0.25) is 0 Å². The molecule has 0 saturated carbocycles. The maximum Gasteiger partial charge on any atom is 0.0223 e. The van der Waals surface area contributed by atoms with E-state index in [1.165, 1.54) is 45.3 Å². The van der Waals surface area contributed by atoms with Gasteiger partial charge in [-0.3, -0.25) is 0 Å². The van der Waals surface area contributed by atoms with Crippen LogP contribution in [0.4, 0.5) is 0 Å². The molecule has 1 fully saturated rings. The van der Waals surface area contributed by atoms with E-state index in [1.54, 1.807) is 0 Å². The van der Waals surface area contributed by atoms with Gasteiger partial charge in [-0.25, -0.2) is 0 Å². The molecule has 0 aromatic carbocycles. The molecule has 13 heavy (non-hydrogen) atoms. The van der Waals surface area contributed by atoms with Crippen molar-refractivity contribution >= 4 is 11.6 Å².